The summed E-state index contributed by atoms with van der Waals surface area (Å²) in [6.45, 7) is 2.46. The first kappa shape index (κ1) is 17.2. The molecule has 0 aliphatic carbocycles. The number of carbonyl (C=O) groups excluding carboxylic acids is 1. The molecule has 0 spiro atoms. The second-order valence-corrected chi connectivity index (χ2v) is 6.21. The minimum Gasteiger partial charge on any atom is -0.421 e. The zero-order valence-corrected chi connectivity index (χ0v) is 14.6. The number of hydrogen-bond acceptors (Lipinski definition) is 4. The first-order valence-electron chi connectivity index (χ1n) is 8.01. The lowest BCUT2D eigenvalue weighted by Gasteiger charge is -2.04. The molecule has 1 aromatic heterocycles. The molecule has 0 radical (unpaired) electrons. The molecule has 1 N–H and O–H groups in total. The summed E-state index contributed by atoms with van der Waals surface area (Å²) in [6, 6.07) is 15.2. The van der Waals surface area contributed by atoms with Crippen LogP contribution in [-0.2, 0) is 17.8 Å². The van der Waals surface area contributed by atoms with E-state index in [4.69, 9.17) is 16.0 Å². The summed E-state index contributed by atoms with van der Waals surface area (Å²) in [5.41, 5.74) is 3.00. The highest BCUT2D eigenvalue weighted by molar-refractivity contribution is 6.30. The molecule has 25 heavy (non-hydrogen) atoms. The van der Waals surface area contributed by atoms with E-state index in [-0.39, 0.29) is 12.3 Å². The Kier molecular flexibility index (Phi) is 5.46. The number of nitrogens with one attached hydrogen (secondary N) is 1. The van der Waals surface area contributed by atoms with Crippen LogP contribution < -0.4 is 5.32 Å². The molecule has 2 aromatic carbocycles. The molecule has 0 aliphatic heterocycles. The van der Waals surface area contributed by atoms with Crippen LogP contribution in [0.2, 0.25) is 5.02 Å². The fraction of sp³-hybridized carbons (Fsp3) is 0.211. The van der Waals surface area contributed by atoms with E-state index in [1.54, 1.807) is 6.07 Å². The van der Waals surface area contributed by atoms with E-state index < -0.39 is 0 Å². The maximum atomic E-state index is 12.0. The first-order chi connectivity index (χ1) is 12.1. The molecule has 1 heterocycles. The number of amides is 1. The fourth-order valence-electron chi connectivity index (χ4n) is 2.32. The molecule has 0 atom stereocenters. The number of benzene rings is 2. The Hall–Kier alpha value is -2.66. The van der Waals surface area contributed by atoms with Crippen molar-refractivity contribution in [2.24, 2.45) is 0 Å². The highest BCUT2D eigenvalue weighted by Gasteiger charge is 2.10. The third-order valence-corrected chi connectivity index (χ3v) is 3.95. The molecule has 0 bridgehead atoms. The standard InChI is InChI=1S/C19H18ClN3O2/c1-13-5-7-15(8-6-13)19-23-22-18(25-19)10-9-17(24)21-12-14-3-2-4-16(20)11-14/h2-8,11H,9-10,12H2,1H3,(H,21,24). The normalized spacial score (nSPS) is 10.6. The van der Waals surface area contributed by atoms with Crippen molar-refractivity contribution in [3.63, 3.8) is 0 Å². The van der Waals surface area contributed by atoms with Gasteiger partial charge in [-0.25, -0.2) is 0 Å². The Morgan fingerprint density at radius 2 is 1.96 bits per heavy atom. The zero-order chi connectivity index (χ0) is 17.6. The Balaban J connectivity index is 1.50. The van der Waals surface area contributed by atoms with Crippen LogP contribution in [-0.4, -0.2) is 16.1 Å². The van der Waals surface area contributed by atoms with Crippen molar-refractivity contribution in [2.75, 3.05) is 0 Å². The molecular formula is C19H18ClN3O2. The van der Waals surface area contributed by atoms with Crippen molar-refractivity contribution >= 4 is 17.5 Å². The summed E-state index contributed by atoms with van der Waals surface area (Å²) in [6.07, 6.45) is 0.691. The lowest BCUT2D eigenvalue weighted by atomic mass is 10.1. The topological polar surface area (TPSA) is 68.0 Å². The molecule has 3 aromatic rings. The second kappa shape index (κ2) is 7.94. The van der Waals surface area contributed by atoms with Crippen LogP contribution in [0, 0.1) is 6.92 Å². The van der Waals surface area contributed by atoms with Gasteiger partial charge in [0.1, 0.15) is 0 Å². The summed E-state index contributed by atoms with van der Waals surface area (Å²) in [5, 5.41) is 11.5. The number of carbonyl (C=O) groups is 1. The Morgan fingerprint density at radius 1 is 1.16 bits per heavy atom. The third-order valence-electron chi connectivity index (χ3n) is 3.71. The highest BCUT2D eigenvalue weighted by Crippen LogP contribution is 2.18. The largest absolute Gasteiger partial charge is 0.421 e. The zero-order valence-electron chi connectivity index (χ0n) is 13.8. The SMILES string of the molecule is Cc1ccc(-c2nnc(CCC(=O)NCc3cccc(Cl)c3)o2)cc1. The summed E-state index contributed by atoms with van der Waals surface area (Å²) in [7, 11) is 0. The van der Waals surface area contributed by atoms with Crippen molar-refractivity contribution in [3.05, 3.63) is 70.6 Å². The summed E-state index contributed by atoms with van der Waals surface area (Å²) < 4.78 is 5.62. The Labute approximate surface area is 151 Å². The molecule has 5 nitrogen and oxygen atoms in total. The fourth-order valence-corrected chi connectivity index (χ4v) is 2.54. The maximum Gasteiger partial charge on any atom is 0.247 e. The van der Waals surface area contributed by atoms with Crippen LogP contribution in [0.4, 0.5) is 0 Å². The van der Waals surface area contributed by atoms with E-state index in [0.29, 0.717) is 29.8 Å². The Morgan fingerprint density at radius 3 is 2.72 bits per heavy atom. The van der Waals surface area contributed by atoms with Gasteiger partial charge in [-0.05, 0) is 36.8 Å². The lowest BCUT2D eigenvalue weighted by molar-refractivity contribution is -0.121. The molecule has 0 unspecified atom stereocenters. The van der Waals surface area contributed by atoms with Gasteiger partial charge in [-0.15, -0.1) is 10.2 Å². The van der Waals surface area contributed by atoms with E-state index in [2.05, 4.69) is 15.5 Å². The van der Waals surface area contributed by atoms with Crippen LogP contribution >= 0.6 is 11.6 Å². The highest BCUT2D eigenvalue weighted by atomic mass is 35.5. The quantitative estimate of drug-likeness (QED) is 0.727. The molecular weight excluding hydrogens is 338 g/mol. The van der Waals surface area contributed by atoms with Gasteiger partial charge in [-0.2, -0.15) is 0 Å². The summed E-state index contributed by atoms with van der Waals surface area (Å²) >= 11 is 5.92. The van der Waals surface area contributed by atoms with E-state index in [1.807, 2.05) is 49.4 Å². The van der Waals surface area contributed by atoms with Gasteiger partial charge in [-0.1, -0.05) is 41.4 Å². The molecule has 3 rings (SSSR count). The second-order valence-electron chi connectivity index (χ2n) is 5.77. The van der Waals surface area contributed by atoms with Gasteiger partial charge in [0.15, 0.2) is 0 Å². The number of nitrogens with zero attached hydrogens (tertiary/aromatic N) is 2. The summed E-state index contributed by atoms with van der Waals surface area (Å²) in [4.78, 5) is 12.0. The number of halogens is 1. The van der Waals surface area contributed by atoms with Crippen LogP contribution in [0.1, 0.15) is 23.4 Å². The van der Waals surface area contributed by atoms with Crippen molar-refractivity contribution in [2.45, 2.75) is 26.3 Å². The first-order valence-corrected chi connectivity index (χ1v) is 8.38. The van der Waals surface area contributed by atoms with Gasteiger partial charge in [0.25, 0.3) is 0 Å². The van der Waals surface area contributed by atoms with Crippen LogP contribution in [0.25, 0.3) is 11.5 Å². The van der Waals surface area contributed by atoms with Crippen molar-refractivity contribution in [1.29, 1.82) is 0 Å². The van der Waals surface area contributed by atoms with Crippen molar-refractivity contribution in [3.8, 4) is 11.5 Å². The number of aromatic nitrogens is 2. The predicted octanol–water partition coefficient (Wildman–Crippen LogP) is 3.95. The molecule has 0 fully saturated rings. The van der Waals surface area contributed by atoms with Gasteiger partial charge in [0.05, 0.1) is 0 Å². The molecule has 6 heteroatoms. The van der Waals surface area contributed by atoms with Gasteiger partial charge < -0.3 is 9.73 Å². The average Bonchev–Trinajstić information content (AvgIpc) is 3.08. The van der Waals surface area contributed by atoms with Crippen LogP contribution in [0.3, 0.4) is 0 Å². The Bertz CT molecular complexity index is 859. The third kappa shape index (κ3) is 4.90. The summed E-state index contributed by atoms with van der Waals surface area (Å²) in [5.74, 6) is 0.845. The smallest absolute Gasteiger partial charge is 0.247 e. The van der Waals surface area contributed by atoms with E-state index in [0.717, 1.165) is 11.1 Å². The lowest BCUT2D eigenvalue weighted by Crippen LogP contribution is -2.23. The molecule has 1 amide bonds. The predicted molar refractivity (Wildman–Crippen MR) is 96.1 cm³/mol. The van der Waals surface area contributed by atoms with Gasteiger partial charge in [0.2, 0.25) is 17.7 Å². The monoisotopic (exact) mass is 355 g/mol. The van der Waals surface area contributed by atoms with Gasteiger partial charge in [0, 0.05) is 30.0 Å². The van der Waals surface area contributed by atoms with E-state index in [1.165, 1.54) is 5.56 Å². The van der Waals surface area contributed by atoms with Gasteiger partial charge >= 0.3 is 0 Å². The van der Waals surface area contributed by atoms with Crippen LogP contribution in [0.15, 0.2) is 52.9 Å². The molecule has 0 aliphatic rings. The van der Waals surface area contributed by atoms with Gasteiger partial charge in [-0.3, -0.25) is 4.79 Å². The molecule has 0 saturated heterocycles. The minimum absolute atomic E-state index is 0.0740. The number of rotatable bonds is 6. The minimum atomic E-state index is -0.0740. The number of hydrogen-bond donors (Lipinski definition) is 1. The average molecular weight is 356 g/mol. The van der Waals surface area contributed by atoms with Crippen LogP contribution in [0.5, 0.6) is 0 Å². The van der Waals surface area contributed by atoms with Crippen molar-refractivity contribution < 1.29 is 9.21 Å². The van der Waals surface area contributed by atoms with Crippen molar-refractivity contribution in [1.82, 2.24) is 15.5 Å². The molecule has 128 valence electrons. The molecule has 0 saturated carbocycles. The van der Waals surface area contributed by atoms with E-state index >= 15 is 0 Å². The van der Waals surface area contributed by atoms with E-state index in [9.17, 15) is 4.79 Å². The maximum absolute atomic E-state index is 12.0. The number of aryl methyl sites for hydroxylation is 2.